The number of rotatable bonds is 3. The van der Waals surface area contributed by atoms with Crippen molar-refractivity contribution < 1.29 is 9.90 Å². The second-order valence-electron chi connectivity index (χ2n) is 3.35. The van der Waals surface area contributed by atoms with E-state index in [-0.39, 0.29) is 17.9 Å². The highest BCUT2D eigenvalue weighted by Crippen LogP contribution is 2.22. The number of hydrogen-bond donors (Lipinski definition) is 2. The van der Waals surface area contributed by atoms with Crippen molar-refractivity contribution in [2.24, 2.45) is 11.1 Å². The van der Waals surface area contributed by atoms with Gasteiger partial charge in [0.15, 0.2) is 0 Å². The van der Waals surface area contributed by atoms with E-state index in [1.807, 2.05) is 20.8 Å². The van der Waals surface area contributed by atoms with Gasteiger partial charge in [0.1, 0.15) is 0 Å². The van der Waals surface area contributed by atoms with E-state index in [4.69, 9.17) is 10.8 Å². The number of carboxylic acid groups (broad SMARTS) is 1. The quantitative estimate of drug-likeness (QED) is 0.618. The second-order valence-corrected chi connectivity index (χ2v) is 3.35. The van der Waals surface area contributed by atoms with Gasteiger partial charge < -0.3 is 10.8 Å². The van der Waals surface area contributed by atoms with Crippen molar-refractivity contribution in [2.75, 3.05) is 0 Å². The molecule has 60 valence electrons. The van der Waals surface area contributed by atoms with Crippen LogP contribution in [-0.4, -0.2) is 17.1 Å². The summed E-state index contributed by atoms with van der Waals surface area (Å²) in [6.45, 7) is 5.53. The first kappa shape index (κ1) is 9.43. The first-order chi connectivity index (χ1) is 4.36. The molecule has 0 aliphatic carbocycles. The lowest BCUT2D eigenvalue weighted by molar-refractivity contribution is -0.139. The number of aliphatic carboxylic acids is 1. The van der Waals surface area contributed by atoms with Crippen molar-refractivity contribution in [3.63, 3.8) is 0 Å². The maximum atomic E-state index is 10.3. The molecule has 0 aliphatic heterocycles. The van der Waals surface area contributed by atoms with Crippen molar-refractivity contribution in [1.29, 1.82) is 0 Å². The van der Waals surface area contributed by atoms with E-state index in [1.165, 1.54) is 0 Å². The van der Waals surface area contributed by atoms with Crippen LogP contribution in [0.4, 0.5) is 0 Å². The van der Waals surface area contributed by atoms with Gasteiger partial charge in [-0.2, -0.15) is 0 Å². The molecule has 0 saturated heterocycles. The molecule has 3 N–H and O–H groups in total. The van der Waals surface area contributed by atoms with Crippen LogP contribution < -0.4 is 5.73 Å². The summed E-state index contributed by atoms with van der Waals surface area (Å²) in [5.41, 5.74) is 5.26. The highest BCUT2D eigenvalue weighted by molar-refractivity contribution is 5.67. The van der Waals surface area contributed by atoms with E-state index in [9.17, 15) is 4.79 Å². The van der Waals surface area contributed by atoms with E-state index in [1.54, 1.807) is 0 Å². The summed E-state index contributed by atoms with van der Waals surface area (Å²) in [6.07, 6.45) is 0.130. The lowest BCUT2D eigenvalue weighted by atomic mass is 9.83. The molecule has 0 aromatic heterocycles. The molecule has 0 fully saturated rings. The Bertz CT molecular complexity index is 130. The zero-order valence-corrected chi connectivity index (χ0v) is 6.72. The fraction of sp³-hybridized carbons (Fsp3) is 0.857. The van der Waals surface area contributed by atoms with Crippen LogP contribution in [0, 0.1) is 5.41 Å². The second kappa shape index (κ2) is 3.01. The Labute approximate surface area is 61.2 Å². The van der Waals surface area contributed by atoms with Crippen LogP contribution in [0.25, 0.3) is 0 Å². The van der Waals surface area contributed by atoms with Crippen LogP contribution in [0.2, 0.25) is 0 Å². The van der Waals surface area contributed by atoms with Crippen LogP contribution in [0.15, 0.2) is 0 Å². The molecule has 0 heterocycles. The molecular formula is C7H15NO2. The highest BCUT2D eigenvalue weighted by Gasteiger charge is 2.25. The Kier molecular flexibility index (Phi) is 2.84. The third-order valence-electron chi connectivity index (χ3n) is 1.84. The van der Waals surface area contributed by atoms with Crippen LogP contribution >= 0.6 is 0 Å². The first-order valence-corrected chi connectivity index (χ1v) is 3.33. The van der Waals surface area contributed by atoms with Crippen molar-refractivity contribution in [3.8, 4) is 0 Å². The molecule has 0 aromatic rings. The van der Waals surface area contributed by atoms with Gasteiger partial charge in [-0.25, -0.2) is 0 Å². The molecule has 0 rings (SSSR count). The summed E-state index contributed by atoms with van der Waals surface area (Å²) >= 11 is 0. The number of carboxylic acids is 1. The minimum atomic E-state index is -0.790. The average Bonchev–Trinajstić information content (AvgIpc) is 1.60. The average molecular weight is 145 g/mol. The van der Waals surface area contributed by atoms with Gasteiger partial charge in [-0.15, -0.1) is 0 Å². The summed E-state index contributed by atoms with van der Waals surface area (Å²) in [5.74, 6) is -0.790. The largest absolute Gasteiger partial charge is 0.481 e. The Hall–Kier alpha value is -0.570. The summed E-state index contributed by atoms with van der Waals surface area (Å²) in [6, 6.07) is -0.0800. The molecule has 10 heavy (non-hydrogen) atoms. The Balaban J connectivity index is 3.99. The Morgan fingerprint density at radius 1 is 1.70 bits per heavy atom. The number of carbonyl (C=O) groups is 1. The van der Waals surface area contributed by atoms with Gasteiger partial charge in [0.2, 0.25) is 0 Å². The molecule has 0 spiro atoms. The SMILES string of the molecule is C[C@H](N)C(C)(C)CC(=O)O. The minimum Gasteiger partial charge on any atom is -0.481 e. The Morgan fingerprint density at radius 2 is 2.10 bits per heavy atom. The van der Waals surface area contributed by atoms with Crippen molar-refractivity contribution in [1.82, 2.24) is 0 Å². The van der Waals surface area contributed by atoms with E-state index >= 15 is 0 Å². The van der Waals surface area contributed by atoms with E-state index in [2.05, 4.69) is 0 Å². The standard InChI is InChI=1S/C7H15NO2/c1-5(8)7(2,3)4-6(9)10/h5H,4,8H2,1-3H3,(H,9,10)/t5-/m0/s1. The summed E-state index contributed by atoms with van der Waals surface area (Å²) in [7, 11) is 0. The van der Waals surface area contributed by atoms with Gasteiger partial charge in [0, 0.05) is 6.04 Å². The number of hydrogen-bond acceptors (Lipinski definition) is 2. The molecule has 3 heteroatoms. The summed E-state index contributed by atoms with van der Waals surface area (Å²) in [4.78, 5) is 10.3. The maximum absolute atomic E-state index is 10.3. The molecule has 1 atom stereocenters. The summed E-state index contributed by atoms with van der Waals surface area (Å²) in [5, 5.41) is 8.44. The molecule has 3 nitrogen and oxygen atoms in total. The van der Waals surface area contributed by atoms with Gasteiger partial charge in [0.05, 0.1) is 6.42 Å². The van der Waals surface area contributed by atoms with Gasteiger partial charge in [-0.1, -0.05) is 13.8 Å². The fourth-order valence-corrected chi connectivity index (χ4v) is 0.551. The minimum absolute atomic E-state index is 0.0800. The lowest BCUT2D eigenvalue weighted by Gasteiger charge is -2.26. The van der Waals surface area contributed by atoms with Crippen LogP contribution in [0.5, 0.6) is 0 Å². The number of nitrogens with two attached hydrogens (primary N) is 1. The molecule has 0 saturated carbocycles. The Morgan fingerprint density at radius 3 is 2.20 bits per heavy atom. The summed E-state index contributed by atoms with van der Waals surface area (Å²) < 4.78 is 0. The topological polar surface area (TPSA) is 63.3 Å². The van der Waals surface area contributed by atoms with Crippen LogP contribution in [-0.2, 0) is 4.79 Å². The predicted molar refractivity (Wildman–Crippen MR) is 39.7 cm³/mol. The first-order valence-electron chi connectivity index (χ1n) is 3.33. The molecule has 0 radical (unpaired) electrons. The van der Waals surface area contributed by atoms with Crippen LogP contribution in [0.1, 0.15) is 27.2 Å². The van der Waals surface area contributed by atoms with Gasteiger partial charge in [-0.05, 0) is 12.3 Å². The van der Waals surface area contributed by atoms with Crippen molar-refractivity contribution in [2.45, 2.75) is 33.2 Å². The molecule has 0 bridgehead atoms. The monoisotopic (exact) mass is 145 g/mol. The maximum Gasteiger partial charge on any atom is 0.303 e. The third-order valence-corrected chi connectivity index (χ3v) is 1.84. The molecular weight excluding hydrogens is 130 g/mol. The zero-order valence-electron chi connectivity index (χ0n) is 6.72. The van der Waals surface area contributed by atoms with Gasteiger partial charge in [-0.3, -0.25) is 4.79 Å². The van der Waals surface area contributed by atoms with Crippen molar-refractivity contribution >= 4 is 5.97 Å². The zero-order chi connectivity index (χ0) is 8.36. The predicted octanol–water partition coefficient (Wildman–Crippen LogP) is 0.835. The molecule has 0 aliphatic rings. The normalized spacial score (nSPS) is 14.8. The molecule has 0 amide bonds. The lowest BCUT2D eigenvalue weighted by Crippen LogP contribution is -2.36. The van der Waals surface area contributed by atoms with Crippen LogP contribution in [0.3, 0.4) is 0 Å². The van der Waals surface area contributed by atoms with E-state index in [0.29, 0.717) is 0 Å². The molecule has 0 unspecified atom stereocenters. The van der Waals surface area contributed by atoms with Crippen molar-refractivity contribution in [3.05, 3.63) is 0 Å². The smallest absolute Gasteiger partial charge is 0.303 e. The van der Waals surface area contributed by atoms with E-state index in [0.717, 1.165) is 0 Å². The third kappa shape index (κ3) is 2.82. The highest BCUT2D eigenvalue weighted by atomic mass is 16.4. The molecule has 0 aromatic carbocycles. The van der Waals surface area contributed by atoms with Gasteiger partial charge in [0.25, 0.3) is 0 Å². The fourth-order valence-electron chi connectivity index (χ4n) is 0.551. The van der Waals surface area contributed by atoms with E-state index < -0.39 is 5.97 Å². The van der Waals surface area contributed by atoms with Gasteiger partial charge >= 0.3 is 5.97 Å².